The van der Waals surface area contributed by atoms with Crippen LogP contribution < -0.4 is 4.52 Å². The summed E-state index contributed by atoms with van der Waals surface area (Å²) in [6.07, 6.45) is 1.80. The highest BCUT2D eigenvalue weighted by molar-refractivity contribution is 7.46. The van der Waals surface area contributed by atoms with E-state index in [2.05, 4.69) is 4.52 Å². The largest absolute Gasteiger partial charge is 0.524 e. The van der Waals surface area contributed by atoms with Gasteiger partial charge in [-0.15, -0.1) is 0 Å². The number of aryl methyl sites for hydroxylation is 1. The topological polar surface area (TPSA) is 66.8 Å². The number of benzene rings is 1. The first-order chi connectivity index (χ1) is 6.06. The van der Waals surface area contributed by atoms with Crippen LogP contribution in [0.25, 0.3) is 0 Å². The van der Waals surface area contributed by atoms with Gasteiger partial charge in [-0.1, -0.05) is 12.1 Å². The maximum absolute atomic E-state index is 10.6. The lowest BCUT2D eigenvalue weighted by molar-refractivity contribution is 0.281. The van der Waals surface area contributed by atoms with Gasteiger partial charge in [-0.05, 0) is 30.0 Å². The van der Waals surface area contributed by atoms with Gasteiger partial charge in [0.25, 0.3) is 0 Å². The molecule has 0 spiro atoms. The monoisotopic (exact) mass is 200 g/mol. The third-order valence-electron chi connectivity index (χ3n) is 2.09. The second-order valence-corrected chi connectivity index (χ2v) is 4.14. The number of rotatable bonds is 2. The summed E-state index contributed by atoms with van der Waals surface area (Å²) in [4.78, 5) is 17.2. The Morgan fingerprint density at radius 1 is 1.31 bits per heavy atom. The number of fused-ring (bicyclic) bond motifs is 1. The van der Waals surface area contributed by atoms with E-state index >= 15 is 0 Å². The Morgan fingerprint density at radius 3 is 2.62 bits per heavy atom. The van der Waals surface area contributed by atoms with Crippen LogP contribution in [0.15, 0.2) is 18.2 Å². The Kier molecular flexibility index (Phi) is 1.91. The Bertz CT molecular complexity index is 382. The Hall–Kier alpha value is -0.830. The van der Waals surface area contributed by atoms with E-state index in [1.807, 2.05) is 6.07 Å². The molecule has 1 aromatic carbocycles. The lowest BCUT2D eigenvalue weighted by Gasteiger charge is -2.21. The number of phosphoric ester groups is 1. The minimum Gasteiger partial charge on any atom is -0.404 e. The molecule has 0 saturated heterocycles. The molecule has 4 nitrogen and oxygen atoms in total. The van der Waals surface area contributed by atoms with Crippen LogP contribution in [-0.2, 0) is 17.4 Å². The molecular weight excluding hydrogens is 191 g/mol. The van der Waals surface area contributed by atoms with Gasteiger partial charge in [0, 0.05) is 0 Å². The average molecular weight is 200 g/mol. The third kappa shape index (κ3) is 1.75. The molecule has 2 rings (SSSR count). The smallest absolute Gasteiger partial charge is 0.404 e. The van der Waals surface area contributed by atoms with Crippen LogP contribution in [0, 0.1) is 0 Å². The zero-order valence-electron chi connectivity index (χ0n) is 6.80. The maximum atomic E-state index is 10.6. The Balaban J connectivity index is 2.32. The molecule has 5 heteroatoms. The molecule has 1 aliphatic rings. The molecule has 0 aromatic heterocycles. The molecule has 0 atom stereocenters. The Morgan fingerprint density at radius 2 is 2.08 bits per heavy atom. The molecule has 70 valence electrons. The highest BCUT2D eigenvalue weighted by atomic mass is 31.2. The van der Waals surface area contributed by atoms with Crippen molar-refractivity contribution in [3.8, 4) is 5.75 Å². The van der Waals surface area contributed by atoms with Gasteiger partial charge in [0.2, 0.25) is 0 Å². The summed E-state index contributed by atoms with van der Waals surface area (Å²) >= 11 is 0. The standard InChI is InChI=1S/C8H9O4P/c9-13(10,11)12-8-3-1-2-6-4-5-7(6)8/h1-3H,4-5H2,(H2,9,10,11). The molecule has 0 fully saturated rings. The van der Waals surface area contributed by atoms with Gasteiger partial charge < -0.3 is 4.52 Å². The van der Waals surface area contributed by atoms with Crippen molar-refractivity contribution in [3.63, 3.8) is 0 Å². The highest BCUT2D eigenvalue weighted by Crippen LogP contribution is 2.42. The SMILES string of the molecule is O=P(O)(O)Oc1cccc2c1CC2. The fraction of sp³-hybridized carbons (Fsp3) is 0.250. The first-order valence-electron chi connectivity index (χ1n) is 3.92. The first kappa shape index (κ1) is 8.75. The van der Waals surface area contributed by atoms with Gasteiger partial charge in [-0.2, -0.15) is 0 Å². The van der Waals surface area contributed by atoms with E-state index in [1.165, 1.54) is 0 Å². The molecule has 0 bridgehead atoms. The van der Waals surface area contributed by atoms with Gasteiger partial charge in [0.1, 0.15) is 5.75 Å². The summed E-state index contributed by atoms with van der Waals surface area (Å²) in [5.74, 6) is 0.317. The minimum absolute atomic E-state index is 0.317. The van der Waals surface area contributed by atoms with Gasteiger partial charge in [-0.3, -0.25) is 9.79 Å². The molecule has 1 aromatic rings. The van der Waals surface area contributed by atoms with Crippen molar-refractivity contribution in [2.45, 2.75) is 12.8 Å². The molecule has 1 aliphatic carbocycles. The second-order valence-electron chi connectivity index (χ2n) is 2.98. The molecule has 0 unspecified atom stereocenters. The predicted octanol–water partition coefficient (Wildman–Crippen LogP) is 1.26. The van der Waals surface area contributed by atoms with Crippen LogP contribution >= 0.6 is 7.82 Å². The summed E-state index contributed by atoms with van der Waals surface area (Å²) in [5, 5.41) is 0. The van der Waals surface area contributed by atoms with Crippen molar-refractivity contribution < 1.29 is 18.9 Å². The molecule has 13 heavy (non-hydrogen) atoms. The summed E-state index contributed by atoms with van der Waals surface area (Å²) in [6, 6.07) is 5.26. The summed E-state index contributed by atoms with van der Waals surface area (Å²) in [5.41, 5.74) is 2.04. The van der Waals surface area contributed by atoms with Gasteiger partial charge >= 0.3 is 7.82 Å². The van der Waals surface area contributed by atoms with Crippen LogP contribution in [-0.4, -0.2) is 9.79 Å². The van der Waals surface area contributed by atoms with E-state index < -0.39 is 7.82 Å². The quantitative estimate of drug-likeness (QED) is 0.705. The zero-order valence-corrected chi connectivity index (χ0v) is 7.70. The first-order valence-corrected chi connectivity index (χ1v) is 5.45. The lowest BCUT2D eigenvalue weighted by Crippen LogP contribution is -2.09. The fourth-order valence-electron chi connectivity index (χ4n) is 1.43. The molecule has 2 N–H and O–H groups in total. The maximum Gasteiger partial charge on any atom is 0.524 e. The van der Waals surface area contributed by atoms with Crippen LogP contribution in [0.1, 0.15) is 11.1 Å². The lowest BCUT2D eigenvalue weighted by atomic mass is 9.88. The van der Waals surface area contributed by atoms with E-state index in [-0.39, 0.29) is 0 Å². The van der Waals surface area contributed by atoms with E-state index in [0.717, 1.165) is 24.0 Å². The normalized spacial score (nSPS) is 14.6. The third-order valence-corrected chi connectivity index (χ3v) is 2.53. The molecular formula is C8H9O4P. The van der Waals surface area contributed by atoms with Crippen molar-refractivity contribution in [2.24, 2.45) is 0 Å². The molecule has 0 radical (unpaired) electrons. The molecule has 0 heterocycles. The van der Waals surface area contributed by atoms with Crippen molar-refractivity contribution in [1.29, 1.82) is 0 Å². The van der Waals surface area contributed by atoms with Crippen molar-refractivity contribution in [3.05, 3.63) is 29.3 Å². The van der Waals surface area contributed by atoms with E-state index in [1.54, 1.807) is 12.1 Å². The van der Waals surface area contributed by atoms with Gasteiger partial charge in [-0.25, -0.2) is 4.57 Å². The van der Waals surface area contributed by atoms with E-state index in [4.69, 9.17) is 9.79 Å². The summed E-state index contributed by atoms with van der Waals surface area (Å²) in [7, 11) is -4.40. The number of hydrogen-bond donors (Lipinski definition) is 2. The van der Waals surface area contributed by atoms with Crippen molar-refractivity contribution >= 4 is 7.82 Å². The second kappa shape index (κ2) is 2.84. The van der Waals surface area contributed by atoms with Gasteiger partial charge in [0.15, 0.2) is 0 Å². The minimum atomic E-state index is -4.40. The summed E-state index contributed by atoms with van der Waals surface area (Å²) in [6.45, 7) is 0. The van der Waals surface area contributed by atoms with Crippen LogP contribution in [0.5, 0.6) is 5.75 Å². The number of phosphoric acid groups is 1. The van der Waals surface area contributed by atoms with Gasteiger partial charge in [0.05, 0.1) is 0 Å². The summed E-state index contributed by atoms with van der Waals surface area (Å²) < 4.78 is 15.1. The van der Waals surface area contributed by atoms with Crippen LogP contribution in [0.4, 0.5) is 0 Å². The highest BCUT2D eigenvalue weighted by Gasteiger charge is 2.23. The van der Waals surface area contributed by atoms with E-state index in [0.29, 0.717) is 5.75 Å². The predicted molar refractivity (Wildman–Crippen MR) is 46.5 cm³/mol. The average Bonchev–Trinajstić information content (AvgIpc) is 1.89. The Labute approximate surface area is 75.4 Å². The van der Waals surface area contributed by atoms with E-state index in [9.17, 15) is 4.57 Å². The molecule has 0 amide bonds. The molecule has 0 saturated carbocycles. The molecule has 0 aliphatic heterocycles. The van der Waals surface area contributed by atoms with Crippen molar-refractivity contribution in [1.82, 2.24) is 0 Å². The van der Waals surface area contributed by atoms with Crippen LogP contribution in [0.3, 0.4) is 0 Å². The zero-order chi connectivity index (χ0) is 9.47. The fourth-order valence-corrected chi connectivity index (χ4v) is 1.85. The van der Waals surface area contributed by atoms with Crippen LogP contribution in [0.2, 0.25) is 0 Å². The number of hydrogen-bond acceptors (Lipinski definition) is 2. The van der Waals surface area contributed by atoms with Crippen molar-refractivity contribution in [2.75, 3.05) is 0 Å².